The summed E-state index contributed by atoms with van der Waals surface area (Å²) in [6.45, 7) is 5.95. The lowest BCUT2D eigenvalue weighted by Gasteiger charge is -2.30. The minimum atomic E-state index is -0.0274. The Morgan fingerprint density at radius 2 is 2.10 bits per heavy atom. The number of carbonyl (C=O) groups excluding carboxylic acids is 1. The van der Waals surface area contributed by atoms with Gasteiger partial charge in [-0.3, -0.25) is 14.4 Å². The molecule has 1 aromatic carbocycles. The summed E-state index contributed by atoms with van der Waals surface area (Å²) in [6.07, 6.45) is 11.8. The molecule has 158 valence electrons. The van der Waals surface area contributed by atoms with Crippen molar-refractivity contribution < 1.29 is 4.79 Å². The Bertz CT molecular complexity index is 1220. The molecule has 3 aliphatic heterocycles. The van der Waals surface area contributed by atoms with Gasteiger partial charge >= 0.3 is 0 Å². The molecule has 3 aliphatic rings. The van der Waals surface area contributed by atoms with Crippen LogP contribution in [0.3, 0.4) is 0 Å². The van der Waals surface area contributed by atoms with Gasteiger partial charge < -0.3 is 5.32 Å². The van der Waals surface area contributed by atoms with Crippen LogP contribution in [0.2, 0.25) is 0 Å². The van der Waals surface area contributed by atoms with Crippen molar-refractivity contribution in [3.05, 3.63) is 71.4 Å². The van der Waals surface area contributed by atoms with E-state index in [1.165, 1.54) is 5.57 Å². The maximum atomic E-state index is 13.4. The number of nitrogens with zero attached hydrogens (tertiary/aromatic N) is 4. The van der Waals surface area contributed by atoms with E-state index in [1.54, 1.807) is 11.0 Å². The second kappa shape index (κ2) is 7.78. The Morgan fingerprint density at radius 3 is 2.90 bits per heavy atom. The molecule has 0 spiro atoms. The first-order valence-electron chi connectivity index (χ1n) is 10.9. The Labute approximate surface area is 182 Å². The molecular weight excluding hydrogens is 386 g/mol. The van der Waals surface area contributed by atoms with Gasteiger partial charge in [0.05, 0.1) is 22.6 Å². The number of amides is 1. The van der Waals surface area contributed by atoms with Gasteiger partial charge in [0.1, 0.15) is 0 Å². The summed E-state index contributed by atoms with van der Waals surface area (Å²) in [7, 11) is 1.93. The van der Waals surface area contributed by atoms with Gasteiger partial charge in [-0.05, 0) is 61.1 Å². The van der Waals surface area contributed by atoms with Crippen molar-refractivity contribution in [3.8, 4) is 0 Å². The second-order valence-corrected chi connectivity index (χ2v) is 8.51. The van der Waals surface area contributed by atoms with Crippen LogP contribution in [0.1, 0.15) is 32.3 Å². The fourth-order valence-corrected chi connectivity index (χ4v) is 4.53. The van der Waals surface area contributed by atoms with Crippen LogP contribution in [-0.2, 0) is 11.8 Å². The highest BCUT2D eigenvalue weighted by Crippen LogP contribution is 2.33. The standard InChI is InChI=1S/C25H27N5O/c1-16-4-7-24-17(2)27-23(18-8-10-26-11-9-18)15-30(24)25(31)13-21(16)19-5-6-22-20(12-19)14-29(3)28-22/h5-8,12-16,26H,4,9-11H2,1-3H3. The van der Waals surface area contributed by atoms with Crippen LogP contribution < -0.4 is 5.32 Å². The predicted molar refractivity (Wildman–Crippen MR) is 124 cm³/mol. The Hall–Kier alpha value is -3.25. The van der Waals surface area contributed by atoms with Crippen molar-refractivity contribution in [1.82, 2.24) is 20.0 Å². The van der Waals surface area contributed by atoms with Gasteiger partial charge in [0.2, 0.25) is 0 Å². The van der Waals surface area contributed by atoms with Gasteiger partial charge in [0.15, 0.2) is 0 Å². The van der Waals surface area contributed by atoms with E-state index in [9.17, 15) is 4.79 Å². The van der Waals surface area contributed by atoms with Crippen molar-refractivity contribution >= 4 is 28.1 Å². The highest BCUT2D eigenvalue weighted by molar-refractivity contribution is 6.07. The van der Waals surface area contributed by atoms with Crippen LogP contribution in [0.4, 0.5) is 0 Å². The lowest BCUT2D eigenvalue weighted by atomic mass is 9.88. The van der Waals surface area contributed by atoms with E-state index in [2.05, 4.69) is 41.6 Å². The molecule has 6 nitrogen and oxygen atoms in total. The maximum absolute atomic E-state index is 13.4. The first-order chi connectivity index (χ1) is 15.0. The fourth-order valence-electron chi connectivity index (χ4n) is 4.53. The highest BCUT2D eigenvalue weighted by Gasteiger charge is 2.27. The lowest BCUT2D eigenvalue weighted by molar-refractivity contribution is -0.122. The summed E-state index contributed by atoms with van der Waals surface area (Å²) in [5.41, 5.74) is 6.98. The molecule has 6 heteroatoms. The zero-order valence-electron chi connectivity index (χ0n) is 18.2. The van der Waals surface area contributed by atoms with Crippen LogP contribution in [-0.4, -0.2) is 39.4 Å². The third-order valence-electron chi connectivity index (χ3n) is 6.23. The van der Waals surface area contributed by atoms with Crippen LogP contribution in [0.5, 0.6) is 0 Å². The maximum Gasteiger partial charge on any atom is 0.255 e. The molecule has 1 atom stereocenters. The third-order valence-corrected chi connectivity index (χ3v) is 6.23. The van der Waals surface area contributed by atoms with Crippen LogP contribution in [0.25, 0.3) is 16.5 Å². The number of aryl methyl sites for hydroxylation is 1. The molecule has 1 aromatic heterocycles. The van der Waals surface area contributed by atoms with Crippen LogP contribution in [0.15, 0.2) is 70.8 Å². The number of allylic oxidation sites excluding steroid dienone is 4. The average Bonchev–Trinajstić information content (AvgIpc) is 3.14. The van der Waals surface area contributed by atoms with E-state index in [0.29, 0.717) is 0 Å². The van der Waals surface area contributed by atoms with E-state index in [4.69, 9.17) is 4.99 Å². The number of carbonyl (C=O) groups is 1. The molecule has 0 aliphatic carbocycles. The monoisotopic (exact) mass is 413 g/mol. The first kappa shape index (κ1) is 19.7. The normalized spacial score (nSPS) is 22.0. The smallest absolute Gasteiger partial charge is 0.255 e. The molecule has 0 fully saturated rings. The molecule has 5 rings (SSSR count). The van der Waals surface area contributed by atoms with Crippen molar-refractivity contribution in [3.63, 3.8) is 0 Å². The predicted octanol–water partition coefficient (Wildman–Crippen LogP) is 3.94. The van der Waals surface area contributed by atoms with Crippen LogP contribution in [0, 0.1) is 5.92 Å². The molecule has 1 amide bonds. The Balaban J connectivity index is 1.54. The number of hydrogen-bond acceptors (Lipinski definition) is 4. The molecule has 0 bridgehead atoms. The number of fused-ring (bicyclic) bond motifs is 2. The minimum Gasteiger partial charge on any atom is -0.313 e. The van der Waals surface area contributed by atoms with Gasteiger partial charge in [0.25, 0.3) is 5.91 Å². The molecular formula is C25H27N5O. The number of benzene rings is 1. The summed E-state index contributed by atoms with van der Waals surface area (Å²) < 4.78 is 1.82. The first-order valence-corrected chi connectivity index (χ1v) is 10.9. The van der Waals surface area contributed by atoms with E-state index in [1.807, 2.05) is 37.1 Å². The number of nitrogens with one attached hydrogen (secondary N) is 1. The molecule has 2 aromatic rings. The summed E-state index contributed by atoms with van der Waals surface area (Å²) in [5, 5.41) is 8.88. The molecule has 0 saturated heterocycles. The van der Waals surface area contributed by atoms with Crippen molar-refractivity contribution in [2.45, 2.75) is 26.7 Å². The largest absolute Gasteiger partial charge is 0.313 e. The topological polar surface area (TPSA) is 62.5 Å². The lowest BCUT2D eigenvalue weighted by Crippen LogP contribution is -2.32. The third kappa shape index (κ3) is 3.68. The summed E-state index contributed by atoms with van der Waals surface area (Å²) in [5.74, 6) is 0.193. The average molecular weight is 414 g/mol. The van der Waals surface area contributed by atoms with Crippen molar-refractivity contribution in [2.75, 3.05) is 13.1 Å². The van der Waals surface area contributed by atoms with Crippen molar-refractivity contribution in [1.29, 1.82) is 0 Å². The molecule has 1 N–H and O–H groups in total. The van der Waals surface area contributed by atoms with Crippen molar-refractivity contribution in [2.24, 2.45) is 18.0 Å². The quantitative estimate of drug-likeness (QED) is 0.811. The van der Waals surface area contributed by atoms with Gasteiger partial charge in [0, 0.05) is 37.5 Å². The van der Waals surface area contributed by atoms with E-state index in [-0.39, 0.29) is 11.8 Å². The zero-order valence-corrected chi connectivity index (χ0v) is 18.2. The fraction of sp³-hybridized carbons (Fsp3) is 0.320. The molecule has 1 unspecified atom stereocenters. The second-order valence-electron chi connectivity index (χ2n) is 8.51. The molecule has 4 heterocycles. The number of rotatable bonds is 2. The minimum absolute atomic E-state index is 0.0274. The zero-order chi connectivity index (χ0) is 21.5. The van der Waals surface area contributed by atoms with Gasteiger partial charge in [-0.25, -0.2) is 4.99 Å². The van der Waals surface area contributed by atoms with Gasteiger partial charge in [-0.15, -0.1) is 0 Å². The highest BCUT2D eigenvalue weighted by atomic mass is 16.2. The SMILES string of the molecule is CC1=NC(C2=CCNCC2)=CN2C(=O)C=C(c3ccc4nn(C)cc4c3)C(C)CC=C12. The van der Waals surface area contributed by atoms with E-state index >= 15 is 0 Å². The van der Waals surface area contributed by atoms with Crippen LogP contribution >= 0.6 is 0 Å². The summed E-state index contributed by atoms with van der Waals surface area (Å²) >= 11 is 0. The summed E-state index contributed by atoms with van der Waals surface area (Å²) in [6, 6.07) is 6.23. The molecule has 0 radical (unpaired) electrons. The number of hydrogen-bond donors (Lipinski definition) is 1. The van der Waals surface area contributed by atoms with Gasteiger partial charge in [-0.2, -0.15) is 5.10 Å². The Kier molecular flexibility index (Phi) is 4.94. The van der Waals surface area contributed by atoms with E-state index in [0.717, 1.165) is 65.1 Å². The Morgan fingerprint density at radius 1 is 1.23 bits per heavy atom. The number of aliphatic imine (C=N–C) groups is 1. The summed E-state index contributed by atoms with van der Waals surface area (Å²) in [4.78, 5) is 20.0. The number of aromatic nitrogens is 2. The van der Waals surface area contributed by atoms with E-state index < -0.39 is 0 Å². The van der Waals surface area contributed by atoms with Gasteiger partial charge in [-0.1, -0.05) is 25.1 Å². The molecule has 31 heavy (non-hydrogen) atoms. The molecule has 0 saturated carbocycles.